The van der Waals surface area contributed by atoms with Crippen molar-refractivity contribution >= 4 is 11.6 Å². The van der Waals surface area contributed by atoms with Crippen LogP contribution in [0.15, 0.2) is 12.4 Å². The number of nitrogens with zero attached hydrogens (tertiary/aromatic N) is 2. The van der Waals surface area contributed by atoms with Gasteiger partial charge in [0.05, 0.1) is 12.4 Å². The molecule has 0 aliphatic heterocycles. The van der Waals surface area contributed by atoms with Gasteiger partial charge in [-0.3, -0.25) is 4.98 Å². The number of nitrogens with one attached hydrogen (secondary N) is 1. The third-order valence-corrected chi connectivity index (χ3v) is 1.80. The highest BCUT2D eigenvalue weighted by Crippen LogP contribution is 2.06. The zero-order valence-electron chi connectivity index (χ0n) is 8.53. The molecule has 1 heterocycles. The van der Waals surface area contributed by atoms with Crippen molar-refractivity contribution in [3.63, 3.8) is 0 Å². The molecule has 0 radical (unpaired) electrons. The van der Waals surface area contributed by atoms with E-state index < -0.39 is 0 Å². The molecule has 14 heavy (non-hydrogen) atoms. The monoisotopic (exact) mass is 196 g/mol. The molecule has 3 N–H and O–H groups in total. The molecule has 5 heteroatoms. The molecule has 0 spiro atoms. The van der Waals surface area contributed by atoms with E-state index in [1.165, 1.54) is 6.20 Å². The molecule has 0 bridgehead atoms. The molecule has 5 nitrogen and oxygen atoms in total. The number of hydrogen-bond donors (Lipinski definition) is 2. The fraction of sp³-hybridized carbons (Fsp3) is 0.556. The maximum Gasteiger partial charge on any atom is 0.147 e. The van der Waals surface area contributed by atoms with Gasteiger partial charge in [-0.15, -0.1) is 0 Å². The molecule has 0 aliphatic rings. The summed E-state index contributed by atoms with van der Waals surface area (Å²) in [4.78, 5) is 8.02. The van der Waals surface area contributed by atoms with Crippen LogP contribution in [0.25, 0.3) is 0 Å². The Balaban J connectivity index is 2.43. The number of methoxy groups -OCH3 is 1. The molecule has 1 aromatic rings. The molecule has 1 rings (SSSR count). The van der Waals surface area contributed by atoms with E-state index in [1.54, 1.807) is 13.3 Å². The second kappa shape index (κ2) is 5.39. The molecule has 1 aromatic heterocycles. The number of aromatic nitrogens is 2. The van der Waals surface area contributed by atoms with Crippen molar-refractivity contribution in [2.75, 3.05) is 24.8 Å². The lowest BCUT2D eigenvalue weighted by Crippen LogP contribution is -2.18. The highest BCUT2D eigenvalue weighted by molar-refractivity contribution is 5.38. The molecule has 0 amide bonds. The fourth-order valence-corrected chi connectivity index (χ4v) is 1.07. The molecule has 0 saturated carbocycles. The molecule has 0 saturated heterocycles. The van der Waals surface area contributed by atoms with Crippen LogP contribution in [-0.2, 0) is 4.74 Å². The van der Waals surface area contributed by atoms with Crippen LogP contribution in [0, 0.1) is 0 Å². The highest BCUT2D eigenvalue weighted by Gasteiger charge is 2.02. The van der Waals surface area contributed by atoms with Gasteiger partial charge in [0.25, 0.3) is 0 Å². The topological polar surface area (TPSA) is 73.1 Å². The van der Waals surface area contributed by atoms with Crippen molar-refractivity contribution in [1.82, 2.24) is 9.97 Å². The van der Waals surface area contributed by atoms with Gasteiger partial charge in [0, 0.05) is 19.8 Å². The maximum atomic E-state index is 5.50. The number of nitrogen functional groups attached to an aromatic ring is 1. The van der Waals surface area contributed by atoms with E-state index in [-0.39, 0.29) is 0 Å². The first-order valence-corrected chi connectivity index (χ1v) is 4.55. The minimum absolute atomic E-state index is 0.297. The smallest absolute Gasteiger partial charge is 0.147 e. The van der Waals surface area contributed by atoms with Gasteiger partial charge in [0.1, 0.15) is 11.6 Å². The van der Waals surface area contributed by atoms with Gasteiger partial charge >= 0.3 is 0 Å². The molecular formula is C9H16N4O. The van der Waals surface area contributed by atoms with Gasteiger partial charge in [0.15, 0.2) is 0 Å². The van der Waals surface area contributed by atoms with Crippen LogP contribution in [0.3, 0.4) is 0 Å². The lowest BCUT2D eigenvalue weighted by atomic mass is 10.2. The van der Waals surface area contributed by atoms with E-state index in [0.717, 1.165) is 13.0 Å². The Morgan fingerprint density at radius 3 is 3.00 bits per heavy atom. The highest BCUT2D eigenvalue weighted by atomic mass is 16.5. The van der Waals surface area contributed by atoms with E-state index in [9.17, 15) is 0 Å². The van der Waals surface area contributed by atoms with Crippen molar-refractivity contribution in [1.29, 1.82) is 0 Å². The van der Waals surface area contributed by atoms with Crippen LogP contribution in [0.1, 0.15) is 13.3 Å². The van der Waals surface area contributed by atoms with Crippen molar-refractivity contribution in [2.24, 2.45) is 0 Å². The van der Waals surface area contributed by atoms with Crippen molar-refractivity contribution in [3.05, 3.63) is 12.4 Å². The second-order valence-corrected chi connectivity index (χ2v) is 3.16. The Morgan fingerprint density at radius 2 is 2.36 bits per heavy atom. The number of nitrogens with two attached hydrogens (primary N) is 1. The predicted molar refractivity (Wildman–Crippen MR) is 56.0 cm³/mol. The third kappa shape index (κ3) is 3.57. The average molecular weight is 196 g/mol. The first kappa shape index (κ1) is 10.7. The lowest BCUT2D eigenvalue weighted by molar-refractivity contribution is 0.191. The van der Waals surface area contributed by atoms with Gasteiger partial charge in [-0.2, -0.15) is 0 Å². The Hall–Kier alpha value is -1.36. The SMILES string of the molecule is COCCC(C)Nc1cncc(N)n1. The summed E-state index contributed by atoms with van der Waals surface area (Å²) in [5.41, 5.74) is 5.50. The van der Waals surface area contributed by atoms with E-state index in [1.807, 2.05) is 0 Å². The van der Waals surface area contributed by atoms with E-state index in [2.05, 4.69) is 22.2 Å². The zero-order chi connectivity index (χ0) is 10.4. The van der Waals surface area contributed by atoms with Crippen molar-refractivity contribution in [3.8, 4) is 0 Å². The van der Waals surface area contributed by atoms with Gasteiger partial charge in [-0.25, -0.2) is 4.98 Å². The summed E-state index contributed by atoms with van der Waals surface area (Å²) in [5.74, 6) is 1.13. The Labute approximate surface area is 83.7 Å². The number of rotatable bonds is 5. The van der Waals surface area contributed by atoms with Gasteiger partial charge in [-0.05, 0) is 13.3 Å². The summed E-state index contributed by atoms with van der Waals surface area (Å²) in [5, 5.41) is 3.18. The van der Waals surface area contributed by atoms with Gasteiger partial charge in [0.2, 0.25) is 0 Å². The standard InChI is InChI=1S/C9H16N4O/c1-7(3-4-14-2)12-9-6-11-5-8(10)13-9/h5-7H,3-4H2,1-2H3,(H3,10,12,13). The summed E-state index contributed by atoms with van der Waals surface area (Å²) in [6.45, 7) is 2.79. The fourth-order valence-electron chi connectivity index (χ4n) is 1.07. The van der Waals surface area contributed by atoms with E-state index in [0.29, 0.717) is 17.7 Å². The van der Waals surface area contributed by atoms with Crippen LogP contribution in [0.5, 0.6) is 0 Å². The molecule has 0 aromatic carbocycles. The second-order valence-electron chi connectivity index (χ2n) is 3.16. The van der Waals surface area contributed by atoms with Gasteiger partial charge in [-0.1, -0.05) is 0 Å². The summed E-state index contributed by atoms with van der Waals surface area (Å²) in [7, 11) is 1.69. The van der Waals surface area contributed by atoms with Crippen molar-refractivity contribution in [2.45, 2.75) is 19.4 Å². The number of anilines is 2. The van der Waals surface area contributed by atoms with Crippen LogP contribution in [0.4, 0.5) is 11.6 Å². The van der Waals surface area contributed by atoms with Crippen molar-refractivity contribution < 1.29 is 4.74 Å². The molecule has 78 valence electrons. The summed E-state index contributed by atoms with van der Waals surface area (Å²) in [6, 6.07) is 0.297. The maximum absolute atomic E-state index is 5.50. The molecular weight excluding hydrogens is 180 g/mol. The predicted octanol–water partition coefficient (Wildman–Crippen LogP) is 0.896. The van der Waals surface area contributed by atoms with Crippen LogP contribution in [-0.4, -0.2) is 29.7 Å². The number of hydrogen-bond acceptors (Lipinski definition) is 5. The molecule has 1 unspecified atom stereocenters. The lowest BCUT2D eigenvalue weighted by Gasteiger charge is -2.13. The van der Waals surface area contributed by atoms with Crippen LogP contribution >= 0.6 is 0 Å². The Kier molecular flexibility index (Phi) is 4.12. The van der Waals surface area contributed by atoms with E-state index >= 15 is 0 Å². The van der Waals surface area contributed by atoms with Crippen LogP contribution < -0.4 is 11.1 Å². The Morgan fingerprint density at radius 1 is 1.57 bits per heavy atom. The molecule has 1 atom stereocenters. The Bertz CT molecular complexity index is 279. The molecule has 0 aliphatic carbocycles. The van der Waals surface area contributed by atoms with E-state index in [4.69, 9.17) is 10.5 Å². The third-order valence-electron chi connectivity index (χ3n) is 1.80. The van der Waals surface area contributed by atoms with Crippen LogP contribution in [0.2, 0.25) is 0 Å². The molecule has 0 fully saturated rings. The minimum atomic E-state index is 0.297. The zero-order valence-corrected chi connectivity index (χ0v) is 8.53. The summed E-state index contributed by atoms with van der Waals surface area (Å²) in [6.07, 6.45) is 4.09. The minimum Gasteiger partial charge on any atom is -0.385 e. The summed E-state index contributed by atoms with van der Waals surface area (Å²) < 4.78 is 4.97. The quantitative estimate of drug-likeness (QED) is 0.731. The largest absolute Gasteiger partial charge is 0.385 e. The number of ether oxygens (including phenoxy) is 1. The summed E-state index contributed by atoms with van der Waals surface area (Å²) >= 11 is 0. The normalized spacial score (nSPS) is 12.4. The first-order valence-electron chi connectivity index (χ1n) is 4.55. The van der Waals surface area contributed by atoms with Gasteiger partial charge < -0.3 is 15.8 Å². The average Bonchev–Trinajstić information content (AvgIpc) is 2.15. The first-order chi connectivity index (χ1) is 6.72.